The van der Waals surface area contributed by atoms with E-state index in [1.54, 1.807) is 6.20 Å². The van der Waals surface area contributed by atoms with Crippen LogP contribution in [0.15, 0.2) is 12.4 Å². The second-order valence-electron chi connectivity index (χ2n) is 6.24. The molecule has 1 aromatic rings. The lowest BCUT2D eigenvalue weighted by Crippen LogP contribution is -2.31. The van der Waals surface area contributed by atoms with Crippen LogP contribution in [-0.2, 0) is 0 Å². The summed E-state index contributed by atoms with van der Waals surface area (Å²) in [7, 11) is 0. The van der Waals surface area contributed by atoms with Gasteiger partial charge in [0.15, 0.2) is 0 Å². The zero-order valence-electron chi connectivity index (χ0n) is 10.6. The van der Waals surface area contributed by atoms with E-state index in [-0.39, 0.29) is 0 Å². The van der Waals surface area contributed by atoms with Crippen molar-refractivity contribution in [1.29, 1.82) is 0 Å². The molecular formula is C12H20BN3. The van der Waals surface area contributed by atoms with Gasteiger partial charge in [0.25, 0.3) is 0 Å². The van der Waals surface area contributed by atoms with Crippen LogP contribution < -0.4 is 11.3 Å². The second-order valence-corrected chi connectivity index (χ2v) is 6.24. The number of hydrogen-bond donors (Lipinski definition) is 1. The normalized spacial score (nSPS) is 22.4. The Hall–Kier alpha value is -1.06. The molecule has 86 valence electrons. The predicted molar refractivity (Wildman–Crippen MR) is 69.0 cm³/mol. The number of aromatic nitrogens is 2. The summed E-state index contributed by atoms with van der Waals surface area (Å²) in [6, 6.07) is 0. The Bertz CT molecular complexity index is 368. The number of nitrogens with two attached hydrogens (primary N) is 1. The Morgan fingerprint density at radius 1 is 1.06 bits per heavy atom. The summed E-state index contributed by atoms with van der Waals surface area (Å²) < 4.78 is 0. The standard InChI is InChI=1S/C12H20BN3/c1-11(2)7-13(8-12(11,3)4)9-5-16-10(14)6-15-9/h5-6H,7-8H2,1-4H3,(H2,14,16). The van der Waals surface area contributed by atoms with Gasteiger partial charge >= 0.3 is 0 Å². The highest BCUT2D eigenvalue weighted by Crippen LogP contribution is 2.52. The quantitative estimate of drug-likeness (QED) is 0.730. The van der Waals surface area contributed by atoms with Gasteiger partial charge in [-0.2, -0.15) is 0 Å². The smallest absolute Gasteiger partial charge is 0.203 e. The summed E-state index contributed by atoms with van der Waals surface area (Å²) in [5, 5.41) is 0. The van der Waals surface area contributed by atoms with Crippen molar-refractivity contribution >= 4 is 18.1 Å². The molecule has 0 unspecified atom stereocenters. The average molecular weight is 217 g/mol. The first-order valence-corrected chi connectivity index (χ1v) is 5.89. The van der Waals surface area contributed by atoms with Crippen LogP contribution in [-0.4, -0.2) is 16.7 Å². The summed E-state index contributed by atoms with van der Waals surface area (Å²) in [4.78, 5) is 8.54. The van der Waals surface area contributed by atoms with E-state index in [9.17, 15) is 0 Å². The maximum Gasteiger partial charge on any atom is 0.203 e. The van der Waals surface area contributed by atoms with Crippen molar-refractivity contribution in [2.75, 3.05) is 5.73 Å². The van der Waals surface area contributed by atoms with Crippen molar-refractivity contribution in [2.24, 2.45) is 10.8 Å². The van der Waals surface area contributed by atoms with Crippen molar-refractivity contribution in [3.63, 3.8) is 0 Å². The minimum atomic E-state index is 0.362. The Labute approximate surface area is 97.9 Å². The third-order valence-corrected chi connectivity index (χ3v) is 4.46. The maximum atomic E-state index is 5.56. The van der Waals surface area contributed by atoms with Crippen LogP contribution in [0.25, 0.3) is 0 Å². The Kier molecular flexibility index (Phi) is 2.48. The molecule has 0 spiro atoms. The van der Waals surface area contributed by atoms with E-state index in [1.165, 1.54) is 12.6 Å². The highest BCUT2D eigenvalue weighted by molar-refractivity contribution is 6.73. The molecule has 1 aliphatic rings. The molecule has 1 aliphatic heterocycles. The van der Waals surface area contributed by atoms with Crippen molar-refractivity contribution in [2.45, 2.75) is 40.3 Å². The van der Waals surface area contributed by atoms with E-state index in [0.717, 1.165) is 5.59 Å². The zero-order chi connectivity index (χ0) is 12.0. The number of rotatable bonds is 1. The van der Waals surface area contributed by atoms with Crippen molar-refractivity contribution in [3.05, 3.63) is 12.4 Å². The van der Waals surface area contributed by atoms with E-state index in [1.807, 2.05) is 6.20 Å². The molecule has 2 rings (SSSR count). The summed E-state index contributed by atoms with van der Waals surface area (Å²) >= 11 is 0. The van der Waals surface area contributed by atoms with Crippen molar-refractivity contribution < 1.29 is 0 Å². The number of hydrogen-bond acceptors (Lipinski definition) is 3. The third kappa shape index (κ3) is 1.81. The Balaban J connectivity index is 2.23. The molecule has 4 heteroatoms. The topological polar surface area (TPSA) is 51.8 Å². The van der Waals surface area contributed by atoms with Gasteiger partial charge in [-0.3, -0.25) is 4.98 Å². The van der Waals surface area contributed by atoms with Crippen molar-refractivity contribution in [1.82, 2.24) is 9.97 Å². The molecule has 0 aromatic carbocycles. The molecule has 16 heavy (non-hydrogen) atoms. The molecule has 3 nitrogen and oxygen atoms in total. The second kappa shape index (κ2) is 3.47. The minimum absolute atomic E-state index is 0.362. The lowest BCUT2D eigenvalue weighted by Gasteiger charge is -2.35. The molecule has 2 heterocycles. The lowest BCUT2D eigenvalue weighted by atomic mass is 9.44. The molecule has 2 N–H and O–H groups in total. The van der Waals surface area contributed by atoms with Crippen LogP contribution in [0.5, 0.6) is 0 Å². The van der Waals surface area contributed by atoms with Crippen LogP contribution >= 0.6 is 0 Å². The first-order chi connectivity index (χ1) is 7.32. The predicted octanol–water partition coefficient (Wildman–Crippen LogP) is 1.83. The molecule has 1 saturated heterocycles. The van der Waals surface area contributed by atoms with Crippen LogP contribution in [0.2, 0.25) is 12.6 Å². The number of nitrogen functional groups attached to an aromatic ring is 1. The summed E-state index contributed by atoms with van der Waals surface area (Å²) in [5.74, 6) is 0.500. The van der Waals surface area contributed by atoms with E-state index < -0.39 is 0 Å². The van der Waals surface area contributed by atoms with Gasteiger partial charge in [-0.05, 0) is 10.8 Å². The van der Waals surface area contributed by atoms with Gasteiger partial charge in [-0.25, -0.2) is 4.98 Å². The van der Waals surface area contributed by atoms with Gasteiger partial charge in [-0.15, -0.1) is 0 Å². The van der Waals surface area contributed by atoms with E-state index >= 15 is 0 Å². The molecule has 0 atom stereocenters. The van der Waals surface area contributed by atoms with E-state index in [4.69, 9.17) is 5.73 Å². The summed E-state index contributed by atoms with van der Waals surface area (Å²) in [6.45, 7) is 9.91. The van der Waals surface area contributed by atoms with E-state index in [0.29, 0.717) is 23.4 Å². The van der Waals surface area contributed by atoms with Crippen LogP contribution in [0, 0.1) is 10.8 Å². The summed E-state index contributed by atoms with van der Waals surface area (Å²) in [6.07, 6.45) is 5.85. The SMILES string of the molecule is CC1(C)CB(c2cnc(N)cn2)CC1(C)C. The van der Waals surface area contributed by atoms with E-state index in [2.05, 4.69) is 37.7 Å². The molecule has 0 aliphatic carbocycles. The summed E-state index contributed by atoms with van der Waals surface area (Å²) in [5.41, 5.74) is 7.37. The van der Waals surface area contributed by atoms with Crippen LogP contribution in [0.4, 0.5) is 5.82 Å². The van der Waals surface area contributed by atoms with Gasteiger partial charge in [0.05, 0.1) is 6.20 Å². The minimum Gasteiger partial charge on any atom is -0.382 e. The molecule has 1 aromatic heterocycles. The third-order valence-electron chi connectivity index (χ3n) is 4.46. The fourth-order valence-electron chi connectivity index (χ4n) is 2.62. The largest absolute Gasteiger partial charge is 0.382 e. The highest BCUT2D eigenvalue weighted by atomic mass is 14.9. The molecule has 0 amide bonds. The molecule has 0 radical (unpaired) electrons. The lowest BCUT2D eigenvalue weighted by molar-refractivity contribution is 0.177. The fourth-order valence-corrected chi connectivity index (χ4v) is 2.62. The molecule has 0 bridgehead atoms. The van der Waals surface area contributed by atoms with Gasteiger partial charge in [-0.1, -0.05) is 40.3 Å². The highest BCUT2D eigenvalue weighted by Gasteiger charge is 2.48. The molecule has 1 fully saturated rings. The monoisotopic (exact) mass is 217 g/mol. The molecular weight excluding hydrogens is 197 g/mol. The first kappa shape index (κ1) is 11.4. The number of anilines is 1. The van der Waals surface area contributed by atoms with Crippen LogP contribution in [0.3, 0.4) is 0 Å². The zero-order valence-corrected chi connectivity index (χ0v) is 10.6. The van der Waals surface area contributed by atoms with Gasteiger partial charge < -0.3 is 5.73 Å². The maximum absolute atomic E-state index is 5.56. The Morgan fingerprint density at radius 3 is 2.06 bits per heavy atom. The fraction of sp³-hybridized carbons (Fsp3) is 0.667. The Morgan fingerprint density at radius 2 is 1.62 bits per heavy atom. The van der Waals surface area contributed by atoms with Gasteiger partial charge in [0.1, 0.15) is 5.82 Å². The van der Waals surface area contributed by atoms with Gasteiger partial charge in [0, 0.05) is 11.8 Å². The first-order valence-electron chi connectivity index (χ1n) is 5.89. The van der Waals surface area contributed by atoms with Crippen molar-refractivity contribution in [3.8, 4) is 0 Å². The van der Waals surface area contributed by atoms with Gasteiger partial charge in [0.2, 0.25) is 6.71 Å². The number of nitrogens with zero attached hydrogens (tertiary/aromatic N) is 2. The van der Waals surface area contributed by atoms with Crippen LogP contribution in [0.1, 0.15) is 27.7 Å². The molecule has 0 saturated carbocycles. The average Bonchev–Trinajstić information content (AvgIpc) is 2.37.